The van der Waals surface area contributed by atoms with Gasteiger partial charge in [-0.3, -0.25) is 9.59 Å². The van der Waals surface area contributed by atoms with Gasteiger partial charge in [-0.1, -0.05) is 6.92 Å². The maximum absolute atomic E-state index is 12.4. The predicted octanol–water partition coefficient (Wildman–Crippen LogP) is 4.05. The number of carbonyl (C=O) groups is 2. The zero-order valence-electron chi connectivity index (χ0n) is 15.3. The summed E-state index contributed by atoms with van der Waals surface area (Å²) in [5, 5.41) is 0. The van der Waals surface area contributed by atoms with Crippen molar-refractivity contribution < 1.29 is 19.1 Å². The van der Waals surface area contributed by atoms with E-state index in [4.69, 9.17) is 9.47 Å². The molecule has 25 heavy (non-hydrogen) atoms. The molecule has 0 amide bonds. The lowest BCUT2D eigenvalue weighted by atomic mass is 9.55. The Balaban J connectivity index is 1.72. The van der Waals surface area contributed by atoms with E-state index in [1.807, 2.05) is 12.1 Å². The number of Topliss-reactive ketones (excluding diaryl/α,β-unsaturated/α-hetero) is 1. The van der Waals surface area contributed by atoms with Crippen molar-refractivity contribution in [2.45, 2.75) is 58.3 Å². The molecule has 1 aromatic rings. The summed E-state index contributed by atoms with van der Waals surface area (Å²) < 4.78 is 10.8. The first kappa shape index (κ1) is 16.6. The van der Waals surface area contributed by atoms with Crippen molar-refractivity contribution in [1.82, 2.24) is 0 Å². The van der Waals surface area contributed by atoms with E-state index < -0.39 is 0 Å². The highest BCUT2D eigenvalue weighted by Gasteiger charge is 2.54. The SMILES string of the molecule is COc1cc2c(cc1OC(C)=O)[C@H]1CC[C@]3(C)C(=O)CC[C@H]3[C@@H]1CC2. The van der Waals surface area contributed by atoms with E-state index in [1.54, 1.807) is 7.11 Å². The highest BCUT2D eigenvalue weighted by molar-refractivity contribution is 5.87. The third kappa shape index (κ3) is 2.49. The van der Waals surface area contributed by atoms with Gasteiger partial charge in [-0.15, -0.1) is 0 Å². The summed E-state index contributed by atoms with van der Waals surface area (Å²) in [6, 6.07) is 4.06. The molecule has 0 aromatic heterocycles. The highest BCUT2D eigenvalue weighted by atomic mass is 16.6. The number of ether oxygens (including phenoxy) is 2. The summed E-state index contributed by atoms with van der Waals surface area (Å²) in [5.41, 5.74) is 2.50. The van der Waals surface area contributed by atoms with Crippen LogP contribution in [0.2, 0.25) is 0 Å². The molecule has 2 fully saturated rings. The summed E-state index contributed by atoms with van der Waals surface area (Å²) in [6.07, 6.45) is 5.96. The molecular weight excluding hydrogens is 316 g/mol. The van der Waals surface area contributed by atoms with Crippen molar-refractivity contribution in [2.75, 3.05) is 7.11 Å². The summed E-state index contributed by atoms with van der Waals surface area (Å²) in [4.78, 5) is 23.9. The van der Waals surface area contributed by atoms with Crippen LogP contribution in [0.4, 0.5) is 0 Å². The number of hydrogen-bond acceptors (Lipinski definition) is 4. The van der Waals surface area contributed by atoms with Gasteiger partial charge < -0.3 is 9.47 Å². The van der Waals surface area contributed by atoms with E-state index in [9.17, 15) is 9.59 Å². The topological polar surface area (TPSA) is 52.6 Å². The van der Waals surface area contributed by atoms with E-state index in [0.29, 0.717) is 35.0 Å². The van der Waals surface area contributed by atoms with Crippen LogP contribution in [0.3, 0.4) is 0 Å². The third-order valence-electron chi connectivity index (χ3n) is 6.97. The zero-order valence-corrected chi connectivity index (χ0v) is 15.3. The molecule has 0 saturated heterocycles. The maximum atomic E-state index is 12.4. The number of esters is 1. The number of benzene rings is 1. The van der Waals surface area contributed by atoms with E-state index in [-0.39, 0.29) is 11.4 Å². The standard InChI is InChI=1S/C21H26O4/c1-12(22)25-19-11-16-13(10-18(19)24-3)4-5-15-14(16)8-9-21(2)17(15)6-7-20(21)23/h10-11,14-15,17H,4-9H2,1-3H3/t14-,15+,17-,21-/m0/s1. The van der Waals surface area contributed by atoms with Gasteiger partial charge in [-0.25, -0.2) is 0 Å². The van der Waals surface area contributed by atoms with Crippen LogP contribution < -0.4 is 9.47 Å². The average Bonchev–Trinajstić information content (AvgIpc) is 2.89. The predicted molar refractivity (Wildman–Crippen MR) is 93.9 cm³/mol. The Kier molecular flexibility index (Phi) is 3.89. The molecule has 0 heterocycles. The number of aryl methyl sites for hydroxylation is 1. The lowest BCUT2D eigenvalue weighted by Crippen LogP contribution is -2.42. The Bertz CT molecular complexity index is 738. The summed E-state index contributed by atoms with van der Waals surface area (Å²) >= 11 is 0. The van der Waals surface area contributed by atoms with Crippen molar-refractivity contribution in [1.29, 1.82) is 0 Å². The summed E-state index contributed by atoms with van der Waals surface area (Å²) in [6.45, 7) is 3.61. The van der Waals surface area contributed by atoms with E-state index in [1.165, 1.54) is 18.1 Å². The van der Waals surface area contributed by atoms with Crippen molar-refractivity contribution in [3.63, 3.8) is 0 Å². The molecule has 4 heteroatoms. The fourth-order valence-electron chi connectivity index (χ4n) is 5.74. The Hall–Kier alpha value is -1.84. The van der Waals surface area contributed by atoms with Crippen molar-refractivity contribution in [2.24, 2.45) is 17.3 Å². The second-order valence-electron chi connectivity index (χ2n) is 8.13. The second kappa shape index (κ2) is 5.86. The molecule has 2 saturated carbocycles. The molecule has 4 atom stereocenters. The van der Waals surface area contributed by atoms with Crippen molar-refractivity contribution in [3.8, 4) is 11.5 Å². The number of carbonyl (C=O) groups excluding carboxylic acids is 2. The Morgan fingerprint density at radius 1 is 1.16 bits per heavy atom. The van der Waals surface area contributed by atoms with Gasteiger partial charge in [-0.05, 0) is 73.1 Å². The van der Waals surface area contributed by atoms with Crippen LogP contribution in [0.25, 0.3) is 0 Å². The fraction of sp³-hybridized carbons (Fsp3) is 0.619. The monoisotopic (exact) mass is 342 g/mol. The molecule has 4 nitrogen and oxygen atoms in total. The van der Waals surface area contributed by atoms with Crippen molar-refractivity contribution >= 4 is 11.8 Å². The van der Waals surface area contributed by atoms with Crippen LogP contribution in [-0.2, 0) is 16.0 Å². The van der Waals surface area contributed by atoms with Gasteiger partial charge in [0.15, 0.2) is 11.5 Å². The number of hydrogen-bond donors (Lipinski definition) is 0. The Morgan fingerprint density at radius 3 is 2.68 bits per heavy atom. The minimum Gasteiger partial charge on any atom is -0.493 e. The molecule has 1 aromatic carbocycles. The Labute approximate surface area is 148 Å². The zero-order chi connectivity index (χ0) is 17.8. The van der Waals surface area contributed by atoms with Gasteiger partial charge in [0.2, 0.25) is 0 Å². The van der Waals surface area contributed by atoms with Gasteiger partial charge in [0, 0.05) is 18.8 Å². The molecule has 0 radical (unpaired) electrons. The van der Waals surface area contributed by atoms with Crippen molar-refractivity contribution in [3.05, 3.63) is 23.3 Å². The van der Waals surface area contributed by atoms with Crippen LogP contribution in [0.1, 0.15) is 63.0 Å². The second-order valence-corrected chi connectivity index (χ2v) is 8.13. The number of ketones is 1. The first-order valence-corrected chi connectivity index (χ1v) is 9.36. The first-order chi connectivity index (χ1) is 11.9. The van der Waals surface area contributed by atoms with Crippen LogP contribution in [-0.4, -0.2) is 18.9 Å². The lowest BCUT2D eigenvalue weighted by Gasteiger charge is -2.48. The molecule has 0 spiro atoms. The van der Waals surface area contributed by atoms with Gasteiger partial charge in [0.05, 0.1) is 7.11 Å². The summed E-state index contributed by atoms with van der Waals surface area (Å²) in [7, 11) is 1.61. The minimum absolute atomic E-state index is 0.107. The minimum atomic E-state index is -0.330. The normalized spacial score (nSPS) is 33.2. The third-order valence-corrected chi connectivity index (χ3v) is 6.97. The number of methoxy groups -OCH3 is 1. The maximum Gasteiger partial charge on any atom is 0.308 e. The van der Waals surface area contributed by atoms with E-state index in [2.05, 4.69) is 6.92 Å². The molecule has 134 valence electrons. The molecule has 4 rings (SSSR count). The first-order valence-electron chi connectivity index (χ1n) is 9.36. The number of fused-ring (bicyclic) bond motifs is 5. The van der Waals surface area contributed by atoms with Crippen LogP contribution in [0.5, 0.6) is 11.5 Å². The molecule has 0 N–H and O–H groups in total. The molecule has 0 unspecified atom stereocenters. The smallest absolute Gasteiger partial charge is 0.308 e. The van der Waals surface area contributed by atoms with E-state index in [0.717, 1.165) is 38.5 Å². The van der Waals surface area contributed by atoms with Crippen LogP contribution >= 0.6 is 0 Å². The van der Waals surface area contributed by atoms with E-state index >= 15 is 0 Å². The molecule has 0 aliphatic heterocycles. The van der Waals surface area contributed by atoms with Crippen LogP contribution in [0, 0.1) is 17.3 Å². The summed E-state index contributed by atoms with van der Waals surface area (Å²) in [5.74, 6) is 2.82. The molecule has 3 aliphatic rings. The van der Waals surface area contributed by atoms with Gasteiger partial charge in [0.1, 0.15) is 5.78 Å². The van der Waals surface area contributed by atoms with Gasteiger partial charge >= 0.3 is 5.97 Å². The average molecular weight is 342 g/mol. The molecule has 3 aliphatic carbocycles. The quantitative estimate of drug-likeness (QED) is 0.601. The molecular formula is C21H26O4. The molecule has 0 bridgehead atoms. The number of rotatable bonds is 2. The van der Waals surface area contributed by atoms with Gasteiger partial charge in [0.25, 0.3) is 0 Å². The lowest BCUT2D eigenvalue weighted by molar-refractivity contribution is -0.132. The largest absolute Gasteiger partial charge is 0.493 e. The Morgan fingerprint density at radius 2 is 1.96 bits per heavy atom. The van der Waals surface area contributed by atoms with Crippen LogP contribution in [0.15, 0.2) is 12.1 Å². The highest BCUT2D eigenvalue weighted by Crippen LogP contribution is 2.60. The fourth-order valence-corrected chi connectivity index (χ4v) is 5.74. The van der Waals surface area contributed by atoms with Gasteiger partial charge in [-0.2, -0.15) is 0 Å².